The summed E-state index contributed by atoms with van der Waals surface area (Å²) in [5.74, 6) is -2.11. The van der Waals surface area contributed by atoms with Gasteiger partial charge >= 0.3 is 10.2 Å². The van der Waals surface area contributed by atoms with E-state index in [9.17, 15) is 17.2 Å². The summed E-state index contributed by atoms with van der Waals surface area (Å²) in [6.07, 6.45) is 8.63. The highest BCUT2D eigenvalue weighted by Crippen LogP contribution is 2.20. The molecule has 0 saturated carbocycles. The SMILES string of the molecule is C=CCCNCCCCCCOC1CCN(S(=O)(=O)Nc2ccc(F)c(F)c2)CC1. The topological polar surface area (TPSA) is 70.7 Å². The molecule has 1 saturated heterocycles. The van der Waals surface area contributed by atoms with Gasteiger partial charge in [-0.15, -0.1) is 6.58 Å². The number of nitrogens with one attached hydrogen (secondary N) is 2. The summed E-state index contributed by atoms with van der Waals surface area (Å²) >= 11 is 0. The normalized spacial score (nSPS) is 15.9. The number of unbranched alkanes of at least 4 members (excludes halogenated alkanes) is 3. The van der Waals surface area contributed by atoms with Crippen LogP contribution in [0.15, 0.2) is 30.9 Å². The first kappa shape index (κ1) is 24.7. The molecule has 1 aliphatic rings. The molecule has 1 aliphatic heterocycles. The maximum absolute atomic E-state index is 13.3. The van der Waals surface area contributed by atoms with E-state index < -0.39 is 21.8 Å². The molecule has 30 heavy (non-hydrogen) atoms. The molecule has 0 aliphatic carbocycles. The van der Waals surface area contributed by atoms with Gasteiger partial charge in [0.1, 0.15) is 0 Å². The van der Waals surface area contributed by atoms with Crippen LogP contribution in [-0.4, -0.2) is 51.6 Å². The smallest absolute Gasteiger partial charge is 0.301 e. The Hall–Kier alpha value is -1.55. The van der Waals surface area contributed by atoms with Crippen molar-refractivity contribution in [3.8, 4) is 0 Å². The summed E-state index contributed by atoms with van der Waals surface area (Å²) < 4.78 is 60.7. The number of halogens is 2. The maximum atomic E-state index is 13.3. The molecule has 0 unspecified atom stereocenters. The van der Waals surface area contributed by atoms with E-state index >= 15 is 0 Å². The Morgan fingerprint density at radius 1 is 1.10 bits per heavy atom. The van der Waals surface area contributed by atoms with Crippen LogP contribution in [0.25, 0.3) is 0 Å². The molecule has 0 bridgehead atoms. The van der Waals surface area contributed by atoms with Crippen molar-refractivity contribution >= 4 is 15.9 Å². The van der Waals surface area contributed by atoms with Crippen LogP contribution in [0.3, 0.4) is 0 Å². The summed E-state index contributed by atoms with van der Waals surface area (Å²) in [7, 11) is -3.81. The minimum Gasteiger partial charge on any atom is -0.378 e. The largest absolute Gasteiger partial charge is 0.378 e. The molecule has 9 heteroatoms. The monoisotopic (exact) mass is 445 g/mol. The average Bonchev–Trinajstić information content (AvgIpc) is 2.72. The van der Waals surface area contributed by atoms with Crippen LogP contribution in [0, 0.1) is 11.6 Å². The number of rotatable bonds is 14. The first-order valence-corrected chi connectivity index (χ1v) is 12.0. The van der Waals surface area contributed by atoms with E-state index in [1.807, 2.05) is 6.08 Å². The zero-order valence-electron chi connectivity index (χ0n) is 17.4. The molecule has 0 aromatic heterocycles. The van der Waals surface area contributed by atoms with Crippen molar-refractivity contribution in [2.24, 2.45) is 0 Å². The predicted molar refractivity (Wildman–Crippen MR) is 116 cm³/mol. The third kappa shape index (κ3) is 8.67. The number of piperidine rings is 1. The lowest BCUT2D eigenvalue weighted by Gasteiger charge is -2.31. The van der Waals surface area contributed by atoms with Gasteiger partial charge in [-0.2, -0.15) is 12.7 Å². The van der Waals surface area contributed by atoms with E-state index in [1.165, 1.54) is 10.4 Å². The Morgan fingerprint density at radius 3 is 2.53 bits per heavy atom. The van der Waals surface area contributed by atoms with Crippen LogP contribution in [-0.2, 0) is 14.9 Å². The number of hydrogen-bond acceptors (Lipinski definition) is 4. The van der Waals surface area contributed by atoms with Crippen LogP contribution in [0.5, 0.6) is 0 Å². The standard InChI is InChI=1S/C21H33F2N3O3S/c1-2-3-12-24-13-6-4-5-7-16-29-19-10-14-26(15-11-19)30(27,28)25-18-8-9-20(22)21(23)17-18/h2,8-9,17,19,24-25H,1,3-7,10-16H2. The second-order valence-corrected chi connectivity index (χ2v) is 9.12. The zero-order valence-corrected chi connectivity index (χ0v) is 18.2. The molecule has 0 spiro atoms. The molecular formula is C21H33F2N3O3S. The van der Waals surface area contributed by atoms with Crippen LogP contribution >= 0.6 is 0 Å². The van der Waals surface area contributed by atoms with Crippen molar-refractivity contribution in [3.05, 3.63) is 42.5 Å². The van der Waals surface area contributed by atoms with Gasteiger partial charge in [0.05, 0.1) is 11.8 Å². The fraction of sp³-hybridized carbons (Fsp3) is 0.619. The van der Waals surface area contributed by atoms with Crippen molar-refractivity contribution in [1.29, 1.82) is 0 Å². The van der Waals surface area contributed by atoms with Gasteiger partial charge in [0.15, 0.2) is 11.6 Å². The van der Waals surface area contributed by atoms with Crippen molar-refractivity contribution in [1.82, 2.24) is 9.62 Å². The molecule has 1 fully saturated rings. The molecule has 170 valence electrons. The lowest BCUT2D eigenvalue weighted by molar-refractivity contribution is 0.0193. The Morgan fingerprint density at radius 2 is 1.83 bits per heavy atom. The number of benzene rings is 1. The number of hydrogen-bond donors (Lipinski definition) is 2. The van der Waals surface area contributed by atoms with Crippen molar-refractivity contribution in [2.75, 3.05) is 37.5 Å². The Balaban J connectivity index is 1.59. The van der Waals surface area contributed by atoms with Crippen molar-refractivity contribution in [3.63, 3.8) is 0 Å². The molecular weight excluding hydrogens is 412 g/mol. The van der Waals surface area contributed by atoms with E-state index in [0.29, 0.717) is 32.5 Å². The van der Waals surface area contributed by atoms with Gasteiger partial charge in [-0.1, -0.05) is 18.9 Å². The predicted octanol–water partition coefficient (Wildman–Crippen LogP) is 3.83. The van der Waals surface area contributed by atoms with Gasteiger partial charge < -0.3 is 10.1 Å². The zero-order chi connectivity index (χ0) is 21.8. The Kier molecular flexibility index (Phi) is 10.7. The minimum atomic E-state index is -3.81. The molecule has 1 aromatic rings. The quantitative estimate of drug-likeness (QED) is 0.337. The van der Waals surface area contributed by atoms with Gasteiger partial charge in [-0.25, -0.2) is 8.78 Å². The first-order chi connectivity index (χ1) is 14.4. The van der Waals surface area contributed by atoms with Crippen molar-refractivity contribution < 1.29 is 21.9 Å². The van der Waals surface area contributed by atoms with E-state index in [0.717, 1.165) is 57.3 Å². The van der Waals surface area contributed by atoms with Gasteiger partial charge in [-0.05, 0) is 57.3 Å². The minimum absolute atomic E-state index is 0.00294. The fourth-order valence-electron chi connectivity index (χ4n) is 3.30. The molecule has 2 N–H and O–H groups in total. The van der Waals surface area contributed by atoms with Gasteiger partial charge in [-0.3, -0.25) is 4.72 Å². The lowest BCUT2D eigenvalue weighted by Crippen LogP contribution is -2.43. The summed E-state index contributed by atoms with van der Waals surface area (Å²) in [5, 5.41) is 3.37. The summed E-state index contributed by atoms with van der Waals surface area (Å²) in [6.45, 7) is 7.06. The molecule has 6 nitrogen and oxygen atoms in total. The van der Waals surface area contributed by atoms with Gasteiger partial charge in [0.2, 0.25) is 0 Å². The second-order valence-electron chi connectivity index (χ2n) is 7.45. The second kappa shape index (κ2) is 13.0. The van der Waals surface area contributed by atoms with E-state index in [1.54, 1.807) is 0 Å². The van der Waals surface area contributed by atoms with Gasteiger partial charge in [0.25, 0.3) is 0 Å². The molecule has 0 atom stereocenters. The van der Waals surface area contributed by atoms with Gasteiger partial charge in [0, 0.05) is 25.8 Å². The highest BCUT2D eigenvalue weighted by Gasteiger charge is 2.28. The lowest BCUT2D eigenvalue weighted by atomic mass is 10.1. The summed E-state index contributed by atoms with van der Waals surface area (Å²) in [4.78, 5) is 0. The molecule has 1 heterocycles. The van der Waals surface area contributed by atoms with Crippen LogP contribution in [0.4, 0.5) is 14.5 Å². The molecule has 1 aromatic carbocycles. The van der Waals surface area contributed by atoms with Crippen LogP contribution in [0.2, 0.25) is 0 Å². The number of ether oxygens (including phenoxy) is 1. The summed E-state index contributed by atoms with van der Waals surface area (Å²) in [5.41, 5.74) is 0.00294. The first-order valence-electron chi connectivity index (χ1n) is 10.6. The number of nitrogens with zero attached hydrogens (tertiary/aromatic N) is 1. The van der Waals surface area contributed by atoms with Crippen molar-refractivity contribution in [2.45, 2.75) is 51.0 Å². The highest BCUT2D eigenvalue weighted by molar-refractivity contribution is 7.90. The third-order valence-electron chi connectivity index (χ3n) is 5.03. The number of anilines is 1. The highest BCUT2D eigenvalue weighted by atomic mass is 32.2. The third-order valence-corrected chi connectivity index (χ3v) is 6.57. The fourth-order valence-corrected chi connectivity index (χ4v) is 4.54. The summed E-state index contributed by atoms with van der Waals surface area (Å²) in [6, 6.07) is 2.93. The Labute approximate surface area is 178 Å². The maximum Gasteiger partial charge on any atom is 0.301 e. The van der Waals surface area contributed by atoms with E-state index in [-0.39, 0.29) is 11.8 Å². The van der Waals surface area contributed by atoms with Crippen LogP contribution < -0.4 is 10.0 Å². The average molecular weight is 446 g/mol. The van der Waals surface area contributed by atoms with E-state index in [2.05, 4.69) is 16.6 Å². The van der Waals surface area contributed by atoms with E-state index in [4.69, 9.17) is 4.74 Å². The molecule has 2 rings (SSSR count). The molecule has 0 radical (unpaired) electrons. The Bertz CT molecular complexity index is 754. The molecule has 0 amide bonds. The van der Waals surface area contributed by atoms with Crippen LogP contribution in [0.1, 0.15) is 44.9 Å².